The standard InChI is InChI=1S/C15H14Cl2N2O2/c16-11-6-4-10(5-7-11)14(20)9-18-15(21)19-13-3-1-2-12(17)8-13/h1-8,14,20H,9H2,(H2,18,19,21)/t14-/m1/s1. The van der Waals surface area contributed by atoms with E-state index >= 15 is 0 Å². The molecule has 2 aromatic carbocycles. The van der Waals surface area contributed by atoms with E-state index in [0.717, 1.165) is 0 Å². The summed E-state index contributed by atoms with van der Waals surface area (Å²) in [5.74, 6) is 0. The first kappa shape index (κ1) is 15.6. The van der Waals surface area contributed by atoms with Crippen molar-refractivity contribution >= 4 is 34.9 Å². The first-order valence-corrected chi connectivity index (χ1v) is 7.04. The van der Waals surface area contributed by atoms with Crippen LogP contribution in [0.3, 0.4) is 0 Å². The fraction of sp³-hybridized carbons (Fsp3) is 0.133. The van der Waals surface area contributed by atoms with Crippen LogP contribution in [-0.2, 0) is 0 Å². The lowest BCUT2D eigenvalue weighted by Gasteiger charge is -2.13. The SMILES string of the molecule is O=C(NC[C@@H](O)c1ccc(Cl)cc1)Nc1cccc(Cl)c1. The van der Waals surface area contributed by atoms with Crippen molar-refractivity contribution in [2.75, 3.05) is 11.9 Å². The van der Waals surface area contributed by atoms with Crippen LogP contribution < -0.4 is 10.6 Å². The number of anilines is 1. The Bertz CT molecular complexity index is 617. The molecule has 0 saturated carbocycles. The highest BCUT2D eigenvalue weighted by Gasteiger charge is 2.09. The normalized spacial score (nSPS) is 11.8. The van der Waals surface area contributed by atoms with Gasteiger partial charge in [0.05, 0.1) is 6.10 Å². The number of nitrogens with one attached hydrogen (secondary N) is 2. The third-order valence-corrected chi connectivity index (χ3v) is 3.28. The molecule has 0 aromatic heterocycles. The number of urea groups is 1. The summed E-state index contributed by atoms with van der Waals surface area (Å²) in [5.41, 5.74) is 1.27. The Hall–Kier alpha value is -1.75. The van der Waals surface area contributed by atoms with Gasteiger partial charge >= 0.3 is 6.03 Å². The summed E-state index contributed by atoms with van der Waals surface area (Å²) in [6.45, 7) is 0.0913. The van der Waals surface area contributed by atoms with E-state index in [2.05, 4.69) is 10.6 Å². The van der Waals surface area contributed by atoms with Gasteiger partial charge in [-0.1, -0.05) is 41.4 Å². The third-order valence-electron chi connectivity index (χ3n) is 2.79. The molecule has 0 unspecified atom stereocenters. The van der Waals surface area contributed by atoms with Gasteiger partial charge in [0.2, 0.25) is 0 Å². The smallest absolute Gasteiger partial charge is 0.319 e. The number of benzene rings is 2. The minimum absolute atomic E-state index is 0.0913. The van der Waals surface area contributed by atoms with E-state index in [1.807, 2.05) is 0 Å². The number of carbonyl (C=O) groups is 1. The quantitative estimate of drug-likeness (QED) is 0.800. The summed E-state index contributed by atoms with van der Waals surface area (Å²) in [6.07, 6.45) is -0.799. The lowest BCUT2D eigenvalue weighted by molar-refractivity contribution is 0.175. The van der Waals surface area contributed by atoms with Gasteiger partial charge in [0, 0.05) is 22.3 Å². The maximum absolute atomic E-state index is 11.7. The molecule has 0 heterocycles. The first-order valence-electron chi connectivity index (χ1n) is 6.28. The molecule has 110 valence electrons. The average molecular weight is 325 g/mol. The van der Waals surface area contributed by atoms with Crippen LogP contribution in [0, 0.1) is 0 Å². The number of aliphatic hydroxyl groups excluding tert-OH is 1. The molecule has 3 N–H and O–H groups in total. The van der Waals surface area contributed by atoms with Gasteiger partial charge < -0.3 is 15.7 Å². The number of hydrogen-bond donors (Lipinski definition) is 3. The second kappa shape index (κ2) is 7.31. The van der Waals surface area contributed by atoms with E-state index in [4.69, 9.17) is 23.2 Å². The van der Waals surface area contributed by atoms with Crippen LogP contribution in [0.2, 0.25) is 10.0 Å². The Morgan fingerprint density at radius 2 is 1.81 bits per heavy atom. The molecular formula is C15H14Cl2N2O2. The van der Waals surface area contributed by atoms with Crippen molar-refractivity contribution in [3.05, 3.63) is 64.1 Å². The summed E-state index contributed by atoms with van der Waals surface area (Å²) < 4.78 is 0. The molecule has 0 spiro atoms. The second-order valence-corrected chi connectivity index (χ2v) is 5.29. The number of aliphatic hydroxyl groups is 1. The molecule has 1 atom stereocenters. The summed E-state index contributed by atoms with van der Waals surface area (Å²) >= 11 is 11.6. The molecule has 0 aliphatic heterocycles. The van der Waals surface area contributed by atoms with E-state index < -0.39 is 12.1 Å². The van der Waals surface area contributed by atoms with Crippen molar-refractivity contribution < 1.29 is 9.90 Å². The molecule has 21 heavy (non-hydrogen) atoms. The molecule has 2 aromatic rings. The van der Waals surface area contributed by atoms with Gasteiger partial charge in [-0.2, -0.15) is 0 Å². The molecule has 4 nitrogen and oxygen atoms in total. The zero-order chi connectivity index (χ0) is 15.2. The first-order chi connectivity index (χ1) is 10.0. The monoisotopic (exact) mass is 324 g/mol. The van der Waals surface area contributed by atoms with Gasteiger partial charge in [-0.25, -0.2) is 4.79 Å². The van der Waals surface area contributed by atoms with Gasteiger partial charge in [0.1, 0.15) is 0 Å². The van der Waals surface area contributed by atoms with E-state index in [0.29, 0.717) is 21.3 Å². The van der Waals surface area contributed by atoms with Crippen LogP contribution in [0.25, 0.3) is 0 Å². The van der Waals surface area contributed by atoms with E-state index in [1.54, 1.807) is 48.5 Å². The largest absolute Gasteiger partial charge is 0.387 e. The molecule has 0 saturated heterocycles. The van der Waals surface area contributed by atoms with Gasteiger partial charge in [-0.15, -0.1) is 0 Å². The Labute approximate surface area is 132 Å². The minimum atomic E-state index is -0.799. The predicted octanol–water partition coefficient (Wildman–Crippen LogP) is 3.85. The predicted molar refractivity (Wildman–Crippen MR) is 84.9 cm³/mol. The molecule has 0 aliphatic carbocycles. The number of carbonyl (C=O) groups excluding carboxylic acids is 1. The van der Waals surface area contributed by atoms with Crippen LogP contribution in [0.4, 0.5) is 10.5 Å². The van der Waals surface area contributed by atoms with Gasteiger partial charge in [0.15, 0.2) is 0 Å². The maximum atomic E-state index is 11.7. The van der Waals surface area contributed by atoms with Crippen LogP contribution in [0.1, 0.15) is 11.7 Å². The van der Waals surface area contributed by atoms with Gasteiger partial charge in [0.25, 0.3) is 0 Å². The van der Waals surface area contributed by atoms with Crippen molar-refractivity contribution in [3.63, 3.8) is 0 Å². The van der Waals surface area contributed by atoms with Gasteiger partial charge in [-0.3, -0.25) is 0 Å². The summed E-state index contributed by atoms with van der Waals surface area (Å²) in [7, 11) is 0. The number of halogens is 2. The van der Waals surface area contributed by atoms with Crippen molar-refractivity contribution in [2.24, 2.45) is 0 Å². The van der Waals surface area contributed by atoms with Gasteiger partial charge in [-0.05, 0) is 35.9 Å². The molecule has 2 rings (SSSR count). The highest BCUT2D eigenvalue weighted by Crippen LogP contribution is 2.16. The van der Waals surface area contributed by atoms with Crippen molar-refractivity contribution in [1.29, 1.82) is 0 Å². The van der Waals surface area contributed by atoms with E-state index in [-0.39, 0.29) is 6.54 Å². The molecule has 2 amide bonds. The van der Waals surface area contributed by atoms with E-state index in [1.165, 1.54) is 0 Å². The van der Waals surface area contributed by atoms with Crippen LogP contribution in [0.5, 0.6) is 0 Å². The zero-order valence-corrected chi connectivity index (χ0v) is 12.5. The molecule has 0 fully saturated rings. The highest BCUT2D eigenvalue weighted by molar-refractivity contribution is 6.31. The third kappa shape index (κ3) is 4.93. The average Bonchev–Trinajstić information content (AvgIpc) is 2.45. The number of rotatable bonds is 4. The second-order valence-electron chi connectivity index (χ2n) is 4.41. The van der Waals surface area contributed by atoms with Crippen LogP contribution in [0.15, 0.2) is 48.5 Å². The molecule has 6 heteroatoms. The van der Waals surface area contributed by atoms with Crippen LogP contribution >= 0.6 is 23.2 Å². The Morgan fingerprint density at radius 1 is 1.10 bits per heavy atom. The van der Waals surface area contributed by atoms with E-state index in [9.17, 15) is 9.90 Å². The van der Waals surface area contributed by atoms with Crippen molar-refractivity contribution in [3.8, 4) is 0 Å². The Balaban J connectivity index is 1.84. The highest BCUT2D eigenvalue weighted by atomic mass is 35.5. The lowest BCUT2D eigenvalue weighted by atomic mass is 10.1. The Kier molecular flexibility index (Phi) is 5.44. The summed E-state index contributed by atoms with van der Waals surface area (Å²) in [6, 6.07) is 13.2. The topological polar surface area (TPSA) is 61.4 Å². The lowest BCUT2D eigenvalue weighted by Crippen LogP contribution is -2.32. The fourth-order valence-electron chi connectivity index (χ4n) is 1.73. The minimum Gasteiger partial charge on any atom is -0.387 e. The summed E-state index contributed by atoms with van der Waals surface area (Å²) in [4.78, 5) is 11.7. The molecule has 0 radical (unpaired) electrons. The number of hydrogen-bond acceptors (Lipinski definition) is 2. The summed E-state index contributed by atoms with van der Waals surface area (Å²) in [5, 5.41) is 16.3. The molecule has 0 bridgehead atoms. The molecule has 0 aliphatic rings. The zero-order valence-electron chi connectivity index (χ0n) is 11.0. The van der Waals surface area contributed by atoms with Crippen molar-refractivity contribution in [2.45, 2.75) is 6.10 Å². The van der Waals surface area contributed by atoms with Crippen molar-refractivity contribution in [1.82, 2.24) is 5.32 Å². The number of amides is 2. The Morgan fingerprint density at radius 3 is 2.48 bits per heavy atom. The maximum Gasteiger partial charge on any atom is 0.319 e. The van der Waals surface area contributed by atoms with Crippen LogP contribution in [-0.4, -0.2) is 17.7 Å². The fourth-order valence-corrected chi connectivity index (χ4v) is 2.05. The molecular weight excluding hydrogens is 311 g/mol.